The van der Waals surface area contributed by atoms with Crippen LogP contribution in [0.4, 0.5) is 4.39 Å². The molecule has 0 aliphatic carbocycles. The van der Waals surface area contributed by atoms with Crippen LogP contribution in [0.2, 0.25) is 0 Å². The summed E-state index contributed by atoms with van der Waals surface area (Å²) in [6, 6.07) is 18.5. The van der Waals surface area contributed by atoms with Crippen LogP contribution < -0.4 is 5.32 Å². The SMILES string of the molecule is CCNCc1cncc(-c2ccc3[nH]nc(-c4cc5c(-c6cc(F)cc(CCS(C)(=O)=O)c6)cccc5[nH]4)c3n2)c1. The van der Waals surface area contributed by atoms with E-state index in [1.54, 1.807) is 0 Å². The van der Waals surface area contributed by atoms with E-state index in [-0.39, 0.29) is 12.2 Å². The van der Waals surface area contributed by atoms with E-state index in [1.807, 2.05) is 54.9 Å². The topological polar surface area (TPSA) is 116 Å². The van der Waals surface area contributed by atoms with E-state index in [1.165, 1.54) is 18.4 Å². The molecule has 4 heterocycles. The predicted molar refractivity (Wildman–Crippen MR) is 161 cm³/mol. The Bertz CT molecular complexity index is 2000. The van der Waals surface area contributed by atoms with Crippen molar-refractivity contribution in [3.63, 3.8) is 0 Å². The van der Waals surface area contributed by atoms with E-state index in [9.17, 15) is 12.8 Å². The van der Waals surface area contributed by atoms with Gasteiger partial charge in [-0.2, -0.15) is 5.10 Å². The van der Waals surface area contributed by atoms with Crippen LogP contribution in [-0.2, 0) is 22.8 Å². The number of hydrogen-bond acceptors (Lipinski definition) is 6. The second-order valence-electron chi connectivity index (χ2n) is 10.2. The summed E-state index contributed by atoms with van der Waals surface area (Å²) >= 11 is 0. The van der Waals surface area contributed by atoms with Crippen molar-refractivity contribution in [3.05, 3.63) is 90.0 Å². The summed E-state index contributed by atoms with van der Waals surface area (Å²) in [4.78, 5) is 12.8. The summed E-state index contributed by atoms with van der Waals surface area (Å²) in [6.07, 6.45) is 5.09. The third-order valence-electron chi connectivity index (χ3n) is 7.03. The molecular formula is C31H29FN6O2S. The van der Waals surface area contributed by atoms with Crippen LogP contribution in [-0.4, -0.2) is 52.1 Å². The number of fused-ring (bicyclic) bond motifs is 2. The maximum absolute atomic E-state index is 14.6. The molecule has 0 spiro atoms. The number of nitrogens with one attached hydrogen (secondary N) is 3. The highest BCUT2D eigenvalue weighted by Crippen LogP contribution is 2.35. The molecule has 3 N–H and O–H groups in total. The third-order valence-corrected chi connectivity index (χ3v) is 7.97. The van der Waals surface area contributed by atoms with Crippen LogP contribution in [0.3, 0.4) is 0 Å². The number of halogens is 1. The van der Waals surface area contributed by atoms with Crippen molar-refractivity contribution in [1.29, 1.82) is 0 Å². The normalized spacial score (nSPS) is 12.0. The lowest BCUT2D eigenvalue weighted by Gasteiger charge is -2.08. The van der Waals surface area contributed by atoms with E-state index in [0.717, 1.165) is 63.1 Å². The number of H-pyrrole nitrogens is 2. The minimum Gasteiger partial charge on any atom is -0.353 e. The Labute approximate surface area is 237 Å². The predicted octanol–water partition coefficient (Wildman–Crippen LogP) is 5.67. The second kappa shape index (κ2) is 10.9. The molecule has 6 aromatic rings. The number of aryl methyl sites for hydroxylation is 1. The van der Waals surface area contributed by atoms with Crippen LogP contribution in [0, 0.1) is 5.82 Å². The van der Waals surface area contributed by atoms with Gasteiger partial charge in [0.15, 0.2) is 0 Å². The fraction of sp³-hybridized carbons (Fsp3) is 0.194. The summed E-state index contributed by atoms with van der Waals surface area (Å²) in [6.45, 7) is 3.68. The van der Waals surface area contributed by atoms with Crippen molar-refractivity contribution in [2.24, 2.45) is 0 Å². The molecule has 4 aromatic heterocycles. The van der Waals surface area contributed by atoms with E-state index in [0.29, 0.717) is 16.8 Å². The van der Waals surface area contributed by atoms with E-state index in [4.69, 9.17) is 4.98 Å². The fourth-order valence-electron chi connectivity index (χ4n) is 5.03. The van der Waals surface area contributed by atoms with Crippen LogP contribution in [0.15, 0.2) is 73.1 Å². The van der Waals surface area contributed by atoms with Crippen LogP contribution >= 0.6 is 0 Å². The Morgan fingerprint density at radius 1 is 0.951 bits per heavy atom. The van der Waals surface area contributed by atoms with Crippen molar-refractivity contribution >= 4 is 31.8 Å². The average Bonchev–Trinajstić information content (AvgIpc) is 3.58. The highest BCUT2D eigenvalue weighted by atomic mass is 32.2. The highest BCUT2D eigenvalue weighted by Gasteiger charge is 2.16. The number of hydrogen-bond donors (Lipinski definition) is 3. The number of rotatable bonds is 9. The zero-order valence-electron chi connectivity index (χ0n) is 22.7. The van der Waals surface area contributed by atoms with Gasteiger partial charge in [0.2, 0.25) is 0 Å². The molecule has 0 amide bonds. The van der Waals surface area contributed by atoms with Crippen LogP contribution in [0.1, 0.15) is 18.1 Å². The van der Waals surface area contributed by atoms with Crippen LogP contribution in [0.25, 0.3) is 55.7 Å². The van der Waals surface area contributed by atoms with Gasteiger partial charge in [0, 0.05) is 41.7 Å². The van der Waals surface area contributed by atoms with E-state index < -0.39 is 15.7 Å². The van der Waals surface area contributed by atoms with Crippen molar-refractivity contribution in [2.45, 2.75) is 19.9 Å². The standard InChI is InChI=1S/C31H29FN6O2S/c1-3-33-16-20-12-22(18-34-17-20)26-7-8-28-30(36-26)31(38-37-28)29-15-25-24(5-4-6-27(25)35-29)21-11-19(13-23(32)14-21)9-10-41(2,39)40/h4-8,11-15,17-18,33,35H,3,9-10,16H2,1-2H3,(H,37,38). The Hall–Kier alpha value is -4.41. The largest absolute Gasteiger partial charge is 0.353 e. The molecule has 0 atom stereocenters. The molecule has 0 saturated heterocycles. The van der Waals surface area contributed by atoms with Gasteiger partial charge in [-0.1, -0.05) is 25.1 Å². The first-order valence-corrected chi connectivity index (χ1v) is 15.4. The summed E-state index contributed by atoms with van der Waals surface area (Å²) in [5.74, 6) is -0.441. The van der Waals surface area contributed by atoms with E-state index in [2.05, 4.69) is 38.5 Å². The zero-order chi connectivity index (χ0) is 28.6. The molecule has 8 nitrogen and oxygen atoms in total. The first-order chi connectivity index (χ1) is 19.8. The van der Waals surface area contributed by atoms with Gasteiger partial charge in [0.1, 0.15) is 26.9 Å². The maximum atomic E-state index is 14.6. The average molecular weight is 569 g/mol. The highest BCUT2D eigenvalue weighted by molar-refractivity contribution is 7.90. The Balaban J connectivity index is 1.39. The number of pyridine rings is 2. The Kier molecular flexibility index (Phi) is 7.10. The monoisotopic (exact) mass is 568 g/mol. The van der Waals surface area contributed by atoms with Gasteiger partial charge in [-0.15, -0.1) is 0 Å². The molecule has 2 aromatic carbocycles. The minimum atomic E-state index is -3.16. The molecule has 0 aliphatic heterocycles. The number of aromatic amines is 2. The molecule has 0 saturated carbocycles. The summed E-state index contributed by atoms with van der Waals surface area (Å²) in [5, 5.41) is 11.9. The molecule has 0 bridgehead atoms. The van der Waals surface area contributed by atoms with Gasteiger partial charge >= 0.3 is 0 Å². The third kappa shape index (κ3) is 5.75. The van der Waals surface area contributed by atoms with Gasteiger partial charge in [0.25, 0.3) is 0 Å². The number of benzene rings is 2. The zero-order valence-corrected chi connectivity index (χ0v) is 23.5. The lowest BCUT2D eigenvalue weighted by atomic mass is 9.98. The van der Waals surface area contributed by atoms with Crippen molar-refractivity contribution in [2.75, 3.05) is 18.6 Å². The number of nitrogens with zero attached hydrogens (tertiary/aromatic N) is 3. The Morgan fingerprint density at radius 2 is 1.80 bits per heavy atom. The quantitative estimate of drug-likeness (QED) is 0.207. The van der Waals surface area contributed by atoms with Gasteiger partial charge in [-0.05, 0) is 77.7 Å². The second-order valence-corrected chi connectivity index (χ2v) is 12.5. The molecular weight excluding hydrogens is 539 g/mol. The molecule has 6 rings (SSSR count). The van der Waals surface area contributed by atoms with Crippen molar-refractivity contribution in [1.82, 2.24) is 30.5 Å². The smallest absolute Gasteiger partial charge is 0.147 e. The molecule has 0 aliphatic rings. The minimum absolute atomic E-state index is 0.0361. The summed E-state index contributed by atoms with van der Waals surface area (Å²) in [5.41, 5.74) is 8.80. The van der Waals surface area contributed by atoms with Crippen LogP contribution in [0.5, 0.6) is 0 Å². The van der Waals surface area contributed by atoms with Gasteiger partial charge in [-0.3, -0.25) is 10.1 Å². The number of sulfone groups is 1. The Morgan fingerprint density at radius 3 is 2.63 bits per heavy atom. The first kappa shape index (κ1) is 26.8. The van der Waals surface area contributed by atoms with Gasteiger partial charge in [-0.25, -0.2) is 17.8 Å². The van der Waals surface area contributed by atoms with Crippen molar-refractivity contribution < 1.29 is 12.8 Å². The number of aromatic nitrogens is 5. The lowest BCUT2D eigenvalue weighted by Crippen LogP contribution is -2.11. The summed E-state index contributed by atoms with van der Waals surface area (Å²) < 4.78 is 37.9. The van der Waals surface area contributed by atoms with Gasteiger partial charge < -0.3 is 10.3 Å². The molecule has 0 fully saturated rings. The molecule has 10 heteroatoms. The van der Waals surface area contributed by atoms with Gasteiger partial charge in [0.05, 0.1) is 22.7 Å². The first-order valence-electron chi connectivity index (χ1n) is 13.4. The van der Waals surface area contributed by atoms with Crippen molar-refractivity contribution in [3.8, 4) is 33.8 Å². The fourth-order valence-corrected chi connectivity index (χ4v) is 5.64. The lowest BCUT2D eigenvalue weighted by molar-refractivity contribution is 0.600. The maximum Gasteiger partial charge on any atom is 0.147 e. The molecule has 208 valence electrons. The summed E-state index contributed by atoms with van der Waals surface area (Å²) in [7, 11) is -3.16. The molecule has 0 unspecified atom stereocenters. The molecule has 41 heavy (non-hydrogen) atoms. The molecule has 0 radical (unpaired) electrons. The van der Waals surface area contributed by atoms with E-state index >= 15 is 0 Å².